The van der Waals surface area contributed by atoms with E-state index in [0.29, 0.717) is 6.42 Å². The summed E-state index contributed by atoms with van der Waals surface area (Å²) >= 11 is 9.53. The van der Waals surface area contributed by atoms with Crippen LogP contribution in [0.5, 0.6) is 0 Å². The Morgan fingerprint density at radius 2 is 1.33 bits per heavy atom. The van der Waals surface area contributed by atoms with Gasteiger partial charge in [0, 0.05) is 13.5 Å². The fraction of sp³-hybridized carbons (Fsp3) is 0.778. The van der Waals surface area contributed by atoms with E-state index < -0.39 is 5.97 Å². The number of carboxylic acid groups (broad SMARTS) is 1. The molecule has 0 saturated carbocycles. The van der Waals surface area contributed by atoms with Crippen molar-refractivity contribution in [1.82, 2.24) is 0 Å². The number of aliphatic carboxylic acids is 1. The number of carboxylic acids is 1. The first-order chi connectivity index (χ1) is 6.92. The fourth-order valence-electron chi connectivity index (χ4n) is 0.214. The Bertz CT molecular complexity index is 125. The standard InChI is InChI=1S/C4H8O2.C3H6O.CH2Cl2.CH4O/c1-2-3-4(5)6;1-3(2)4;2-1-3;1-2/h2-3H2,1H3,(H,5,6);1-2H3;1H2;2H,1H3. The molecule has 0 amide bonds. The van der Waals surface area contributed by atoms with Crippen LogP contribution in [0.4, 0.5) is 0 Å². The number of hydrogen-bond acceptors (Lipinski definition) is 3. The van der Waals surface area contributed by atoms with Crippen molar-refractivity contribution in [3.63, 3.8) is 0 Å². The van der Waals surface area contributed by atoms with Crippen molar-refractivity contribution in [3.8, 4) is 0 Å². The van der Waals surface area contributed by atoms with Crippen molar-refractivity contribution >= 4 is 35.0 Å². The summed E-state index contributed by atoms with van der Waals surface area (Å²) in [4.78, 5) is 19.0. The number of alkyl halides is 2. The molecule has 0 aliphatic heterocycles. The molecule has 0 spiro atoms. The number of halogens is 2. The molecule has 0 aromatic heterocycles. The van der Waals surface area contributed by atoms with E-state index in [1.165, 1.54) is 13.8 Å². The van der Waals surface area contributed by atoms with Crippen molar-refractivity contribution in [2.75, 3.05) is 12.4 Å². The molecule has 0 rings (SSSR count). The van der Waals surface area contributed by atoms with E-state index >= 15 is 0 Å². The summed E-state index contributed by atoms with van der Waals surface area (Å²) in [5.74, 6) is -0.544. The van der Waals surface area contributed by atoms with Crippen LogP contribution < -0.4 is 0 Å². The van der Waals surface area contributed by atoms with Crippen LogP contribution in [0.2, 0.25) is 0 Å². The summed E-state index contributed by atoms with van der Waals surface area (Å²) in [5, 5.41) is 15.1. The number of hydrogen-bond donors (Lipinski definition) is 2. The van der Waals surface area contributed by atoms with Gasteiger partial charge in [-0.05, 0) is 20.3 Å². The first-order valence-corrected chi connectivity index (χ1v) is 5.24. The molecule has 4 nitrogen and oxygen atoms in total. The highest BCUT2D eigenvalue weighted by Crippen LogP contribution is 1.82. The van der Waals surface area contributed by atoms with Gasteiger partial charge in [-0.3, -0.25) is 4.79 Å². The van der Waals surface area contributed by atoms with Gasteiger partial charge >= 0.3 is 5.97 Å². The molecule has 0 fully saturated rings. The van der Waals surface area contributed by atoms with Crippen molar-refractivity contribution < 1.29 is 19.8 Å². The summed E-state index contributed by atoms with van der Waals surface area (Å²) < 4.78 is 0. The quantitative estimate of drug-likeness (QED) is 0.750. The zero-order valence-corrected chi connectivity index (χ0v) is 11.1. The summed E-state index contributed by atoms with van der Waals surface area (Å²) in [6, 6.07) is 0. The number of rotatable bonds is 2. The van der Waals surface area contributed by atoms with Crippen molar-refractivity contribution in [1.29, 1.82) is 0 Å². The number of carbonyl (C=O) groups excluding carboxylic acids is 1. The maximum absolute atomic E-state index is 9.60. The SMILES string of the molecule is CC(C)=O.CCCC(=O)O.CO.ClCCl. The third kappa shape index (κ3) is 260. The third-order valence-electron chi connectivity index (χ3n) is 0.464. The topological polar surface area (TPSA) is 74.6 Å². The largest absolute Gasteiger partial charge is 0.481 e. The second-order valence-corrected chi connectivity index (χ2v) is 2.96. The highest BCUT2D eigenvalue weighted by Gasteiger charge is 1.87. The number of ketones is 1. The minimum Gasteiger partial charge on any atom is -0.481 e. The lowest BCUT2D eigenvalue weighted by Crippen LogP contribution is -1.90. The van der Waals surface area contributed by atoms with E-state index in [1.807, 2.05) is 6.92 Å². The molecule has 94 valence electrons. The summed E-state index contributed by atoms with van der Waals surface area (Å²) in [6.07, 6.45) is 1.02. The van der Waals surface area contributed by atoms with Gasteiger partial charge in [-0.1, -0.05) is 6.92 Å². The molecule has 0 aromatic carbocycles. The monoisotopic (exact) mass is 262 g/mol. The average Bonchev–Trinajstić information content (AvgIpc) is 2.07. The van der Waals surface area contributed by atoms with E-state index in [9.17, 15) is 9.59 Å². The molecule has 2 N–H and O–H groups in total. The zero-order valence-electron chi connectivity index (χ0n) is 9.59. The maximum atomic E-state index is 9.60. The van der Waals surface area contributed by atoms with Gasteiger partial charge in [0.1, 0.15) is 5.78 Å². The fourth-order valence-corrected chi connectivity index (χ4v) is 0.214. The second kappa shape index (κ2) is 29.2. The average molecular weight is 263 g/mol. The predicted molar refractivity (Wildman–Crippen MR) is 63.6 cm³/mol. The molecule has 0 heterocycles. The maximum Gasteiger partial charge on any atom is 0.303 e. The summed E-state index contributed by atoms with van der Waals surface area (Å²) in [7, 11) is 1.00. The number of aliphatic hydroxyl groups is 1. The third-order valence-corrected chi connectivity index (χ3v) is 0.464. The second-order valence-electron chi connectivity index (χ2n) is 2.15. The zero-order chi connectivity index (χ0) is 13.3. The molecule has 0 aliphatic rings. The van der Waals surface area contributed by atoms with Gasteiger partial charge in [0.15, 0.2) is 0 Å². The molecule has 0 aromatic rings. The summed E-state index contributed by atoms with van der Waals surface area (Å²) in [5.41, 5.74) is 0. The van der Waals surface area contributed by atoms with E-state index in [4.69, 9.17) is 33.4 Å². The van der Waals surface area contributed by atoms with E-state index in [1.54, 1.807) is 0 Å². The molecule has 0 bridgehead atoms. The molecule has 0 radical (unpaired) electrons. The lowest BCUT2D eigenvalue weighted by molar-refractivity contribution is -0.137. The Hall–Kier alpha value is -0.320. The van der Waals surface area contributed by atoms with Crippen molar-refractivity contribution in [2.24, 2.45) is 0 Å². The Balaban J connectivity index is -0.0000000590. The van der Waals surface area contributed by atoms with Crippen LogP contribution in [-0.4, -0.2) is 34.4 Å². The minimum atomic E-state index is -0.711. The number of carbonyl (C=O) groups is 2. The summed E-state index contributed by atoms with van der Waals surface area (Å²) in [6.45, 7) is 4.90. The van der Waals surface area contributed by atoms with E-state index in [0.717, 1.165) is 13.5 Å². The Labute approximate surface area is 101 Å². The number of aliphatic hydroxyl groups excluding tert-OH is 1. The van der Waals surface area contributed by atoms with Gasteiger partial charge in [-0.25, -0.2) is 0 Å². The van der Waals surface area contributed by atoms with Crippen LogP contribution in [0.3, 0.4) is 0 Å². The van der Waals surface area contributed by atoms with Gasteiger partial charge in [0.2, 0.25) is 0 Å². The molecule has 6 heteroatoms. The van der Waals surface area contributed by atoms with Gasteiger partial charge < -0.3 is 15.0 Å². The Morgan fingerprint density at radius 1 is 1.13 bits per heavy atom. The van der Waals surface area contributed by atoms with Crippen LogP contribution in [0.25, 0.3) is 0 Å². The normalized spacial score (nSPS) is 6.60. The van der Waals surface area contributed by atoms with E-state index in [-0.39, 0.29) is 11.1 Å². The molecule has 0 unspecified atom stereocenters. The van der Waals surface area contributed by atoms with Gasteiger partial charge in [0.25, 0.3) is 0 Å². The number of Topliss-reactive ketones (excluding diaryl/α,β-unsaturated/α-hetero) is 1. The molecule has 0 aliphatic carbocycles. The van der Waals surface area contributed by atoms with Gasteiger partial charge in [0.05, 0.1) is 5.34 Å². The van der Waals surface area contributed by atoms with Gasteiger partial charge in [-0.2, -0.15) is 0 Å². The molecular weight excluding hydrogens is 243 g/mol. The van der Waals surface area contributed by atoms with E-state index in [2.05, 4.69) is 0 Å². The van der Waals surface area contributed by atoms with Crippen molar-refractivity contribution in [3.05, 3.63) is 0 Å². The van der Waals surface area contributed by atoms with Crippen molar-refractivity contribution in [2.45, 2.75) is 33.6 Å². The highest BCUT2D eigenvalue weighted by atomic mass is 35.5. The smallest absolute Gasteiger partial charge is 0.303 e. The Kier molecular flexibility index (Phi) is 46.9. The first-order valence-electron chi connectivity index (χ1n) is 4.17. The predicted octanol–water partition coefficient (Wildman–Crippen LogP) is 2.50. The first kappa shape index (κ1) is 24.1. The lowest BCUT2D eigenvalue weighted by atomic mass is 10.4. The van der Waals surface area contributed by atoms with Crippen LogP contribution >= 0.6 is 23.2 Å². The van der Waals surface area contributed by atoms with Gasteiger partial charge in [-0.15, -0.1) is 23.2 Å². The lowest BCUT2D eigenvalue weighted by Gasteiger charge is -1.79. The van der Waals surface area contributed by atoms with Crippen LogP contribution in [0.15, 0.2) is 0 Å². The molecular formula is C9H20Cl2O4. The highest BCUT2D eigenvalue weighted by molar-refractivity contribution is 6.40. The van der Waals surface area contributed by atoms with Crippen LogP contribution in [0.1, 0.15) is 33.6 Å². The molecule has 0 atom stereocenters. The Morgan fingerprint density at radius 3 is 1.33 bits per heavy atom. The molecule has 0 saturated heterocycles. The van der Waals surface area contributed by atoms with Crippen LogP contribution in [-0.2, 0) is 9.59 Å². The minimum absolute atomic E-state index is 0.167. The van der Waals surface area contributed by atoms with Crippen LogP contribution in [0, 0.1) is 0 Å². The molecule has 15 heavy (non-hydrogen) atoms.